The molecule has 0 saturated carbocycles. The third kappa shape index (κ3) is 4.15. The molecule has 2 atom stereocenters. The zero-order chi connectivity index (χ0) is 18.5. The SMILES string of the molecule is CN(C[C@H](O)c1ccccc1F)[C@H](c1ccccc1)c1ccc(F)cc1. The van der Waals surface area contributed by atoms with Gasteiger partial charge in [0.1, 0.15) is 11.6 Å². The van der Waals surface area contributed by atoms with Crippen LogP contribution in [0.2, 0.25) is 0 Å². The van der Waals surface area contributed by atoms with Crippen molar-refractivity contribution in [2.75, 3.05) is 13.6 Å². The van der Waals surface area contributed by atoms with Crippen molar-refractivity contribution in [2.45, 2.75) is 12.1 Å². The summed E-state index contributed by atoms with van der Waals surface area (Å²) < 4.78 is 27.3. The van der Waals surface area contributed by atoms with Gasteiger partial charge in [-0.05, 0) is 36.4 Å². The minimum absolute atomic E-state index is 0.182. The molecule has 3 rings (SSSR count). The summed E-state index contributed by atoms with van der Waals surface area (Å²) in [7, 11) is 1.87. The van der Waals surface area contributed by atoms with Gasteiger partial charge >= 0.3 is 0 Å². The Morgan fingerprint density at radius 3 is 2.04 bits per heavy atom. The first kappa shape index (κ1) is 18.2. The van der Waals surface area contributed by atoms with Crippen LogP contribution in [0.5, 0.6) is 0 Å². The standard InChI is InChI=1S/C22H21F2NO/c1-25(15-21(26)19-9-5-6-10-20(19)24)22(16-7-3-2-4-8-16)17-11-13-18(23)14-12-17/h2-14,21-22,26H,15H2,1H3/t21-,22+/m0/s1. The average Bonchev–Trinajstić information content (AvgIpc) is 2.65. The topological polar surface area (TPSA) is 23.5 Å². The Labute approximate surface area is 152 Å². The third-order valence-corrected chi connectivity index (χ3v) is 4.47. The van der Waals surface area contributed by atoms with Gasteiger partial charge < -0.3 is 5.11 Å². The zero-order valence-corrected chi connectivity index (χ0v) is 14.5. The molecule has 134 valence electrons. The Kier molecular flexibility index (Phi) is 5.76. The van der Waals surface area contributed by atoms with Gasteiger partial charge in [-0.15, -0.1) is 0 Å². The van der Waals surface area contributed by atoms with Crippen LogP contribution in [-0.4, -0.2) is 23.6 Å². The van der Waals surface area contributed by atoms with Gasteiger partial charge in [-0.25, -0.2) is 8.78 Å². The van der Waals surface area contributed by atoms with E-state index in [2.05, 4.69) is 0 Å². The van der Waals surface area contributed by atoms with Gasteiger partial charge in [-0.3, -0.25) is 4.90 Å². The summed E-state index contributed by atoms with van der Waals surface area (Å²) in [5.41, 5.74) is 2.19. The van der Waals surface area contributed by atoms with Gasteiger partial charge in [0.25, 0.3) is 0 Å². The van der Waals surface area contributed by atoms with Crippen LogP contribution in [0, 0.1) is 11.6 Å². The van der Waals surface area contributed by atoms with E-state index in [1.807, 2.05) is 42.3 Å². The van der Waals surface area contributed by atoms with Crippen molar-refractivity contribution in [3.63, 3.8) is 0 Å². The van der Waals surface area contributed by atoms with Gasteiger partial charge in [0.2, 0.25) is 0 Å². The monoisotopic (exact) mass is 353 g/mol. The molecule has 0 bridgehead atoms. The number of benzene rings is 3. The van der Waals surface area contributed by atoms with E-state index < -0.39 is 11.9 Å². The first-order chi connectivity index (χ1) is 12.6. The number of hydrogen-bond acceptors (Lipinski definition) is 2. The van der Waals surface area contributed by atoms with Gasteiger partial charge in [0, 0.05) is 12.1 Å². The number of aliphatic hydroxyl groups is 1. The van der Waals surface area contributed by atoms with Crippen LogP contribution >= 0.6 is 0 Å². The van der Waals surface area contributed by atoms with E-state index in [1.54, 1.807) is 30.3 Å². The molecular weight excluding hydrogens is 332 g/mol. The number of halogens is 2. The smallest absolute Gasteiger partial charge is 0.129 e. The van der Waals surface area contributed by atoms with Crippen LogP contribution in [0.3, 0.4) is 0 Å². The third-order valence-electron chi connectivity index (χ3n) is 4.47. The maximum absolute atomic E-state index is 14.0. The zero-order valence-electron chi connectivity index (χ0n) is 14.5. The first-order valence-electron chi connectivity index (χ1n) is 8.49. The molecule has 0 radical (unpaired) electrons. The molecule has 0 fully saturated rings. The number of rotatable bonds is 6. The van der Waals surface area contributed by atoms with E-state index in [1.165, 1.54) is 18.2 Å². The molecule has 0 saturated heterocycles. The summed E-state index contributed by atoms with van der Waals surface area (Å²) in [6.45, 7) is 0.234. The summed E-state index contributed by atoms with van der Waals surface area (Å²) in [5, 5.41) is 10.5. The van der Waals surface area contributed by atoms with Crippen molar-refractivity contribution in [3.05, 3.63) is 107 Å². The lowest BCUT2D eigenvalue weighted by Gasteiger charge is -2.31. The number of hydrogen-bond donors (Lipinski definition) is 1. The molecule has 4 heteroatoms. The van der Waals surface area contributed by atoms with Crippen LogP contribution in [0.25, 0.3) is 0 Å². The molecule has 0 aliphatic rings. The molecule has 0 heterocycles. The average molecular weight is 353 g/mol. The van der Waals surface area contributed by atoms with Crippen LogP contribution in [-0.2, 0) is 0 Å². The van der Waals surface area contributed by atoms with E-state index >= 15 is 0 Å². The molecule has 26 heavy (non-hydrogen) atoms. The fourth-order valence-corrected chi connectivity index (χ4v) is 3.20. The number of likely N-dealkylation sites (N-methyl/N-ethyl adjacent to an activating group) is 1. The lowest BCUT2D eigenvalue weighted by Crippen LogP contribution is -2.30. The predicted molar refractivity (Wildman–Crippen MR) is 98.7 cm³/mol. The molecule has 3 aromatic carbocycles. The van der Waals surface area contributed by atoms with Gasteiger partial charge in [-0.1, -0.05) is 60.7 Å². The first-order valence-corrected chi connectivity index (χ1v) is 8.49. The Morgan fingerprint density at radius 2 is 1.38 bits per heavy atom. The second-order valence-electron chi connectivity index (χ2n) is 6.34. The van der Waals surface area contributed by atoms with E-state index in [9.17, 15) is 13.9 Å². The molecule has 3 aromatic rings. The minimum atomic E-state index is -0.965. The Morgan fingerprint density at radius 1 is 0.808 bits per heavy atom. The van der Waals surface area contributed by atoms with Crippen molar-refractivity contribution in [1.29, 1.82) is 0 Å². The lowest BCUT2D eigenvalue weighted by atomic mass is 9.96. The lowest BCUT2D eigenvalue weighted by molar-refractivity contribution is 0.110. The normalized spacial score (nSPS) is 13.6. The molecule has 0 spiro atoms. The second-order valence-corrected chi connectivity index (χ2v) is 6.34. The summed E-state index contributed by atoms with van der Waals surface area (Å²) >= 11 is 0. The highest BCUT2D eigenvalue weighted by atomic mass is 19.1. The second kappa shape index (κ2) is 8.21. The predicted octanol–water partition coefficient (Wildman–Crippen LogP) is 4.72. The van der Waals surface area contributed by atoms with Gasteiger partial charge in [0.15, 0.2) is 0 Å². The quantitative estimate of drug-likeness (QED) is 0.693. The summed E-state index contributed by atoms with van der Waals surface area (Å²) in [6.07, 6.45) is -0.965. The largest absolute Gasteiger partial charge is 0.387 e. The van der Waals surface area contributed by atoms with Crippen LogP contribution in [0.1, 0.15) is 28.8 Å². The summed E-state index contributed by atoms with van der Waals surface area (Å²) in [5.74, 6) is -0.721. The Bertz CT molecular complexity index is 836. The minimum Gasteiger partial charge on any atom is -0.387 e. The van der Waals surface area contributed by atoms with E-state index in [4.69, 9.17) is 0 Å². The van der Waals surface area contributed by atoms with Crippen molar-refractivity contribution in [2.24, 2.45) is 0 Å². The van der Waals surface area contributed by atoms with Crippen LogP contribution < -0.4 is 0 Å². The summed E-state index contributed by atoms with van der Waals surface area (Å²) in [4.78, 5) is 1.94. The van der Waals surface area contributed by atoms with E-state index in [0.717, 1.165) is 11.1 Å². The van der Waals surface area contributed by atoms with Crippen molar-refractivity contribution < 1.29 is 13.9 Å². The highest BCUT2D eigenvalue weighted by molar-refractivity contribution is 5.32. The Hall–Kier alpha value is -2.56. The number of nitrogens with zero attached hydrogens (tertiary/aromatic N) is 1. The highest BCUT2D eigenvalue weighted by Gasteiger charge is 2.23. The number of aliphatic hydroxyl groups excluding tert-OH is 1. The van der Waals surface area contributed by atoms with Crippen molar-refractivity contribution in [1.82, 2.24) is 4.90 Å². The molecular formula is C22H21F2NO. The van der Waals surface area contributed by atoms with Crippen molar-refractivity contribution in [3.8, 4) is 0 Å². The molecule has 2 nitrogen and oxygen atoms in total. The van der Waals surface area contributed by atoms with Crippen molar-refractivity contribution >= 4 is 0 Å². The molecule has 1 N–H and O–H groups in total. The molecule has 0 aliphatic carbocycles. The van der Waals surface area contributed by atoms with Gasteiger partial charge in [-0.2, -0.15) is 0 Å². The van der Waals surface area contributed by atoms with E-state index in [-0.39, 0.29) is 24.0 Å². The maximum atomic E-state index is 14.0. The van der Waals surface area contributed by atoms with Crippen LogP contribution in [0.4, 0.5) is 8.78 Å². The molecule has 0 aliphatic heterocycles. The fourth-order valence-electron chi connectivity index (χ4n) is 3.20. The molecule has 0 aromatic heterocycles. The van der Waals surface area contributed by atoms with Crippen LogP contribution in [0.15, 0.2) is 78.9 Å². The summed E-state index contributed by atoms with van der Waals surface area (Å²) in [6, 6.07) is 22.1. The highest BCUT2D eigenvalue weighted by Crippen LogP contribution is 2.29. The Balaban J connectivity index is 1.89. The fraction of sp³-hybridized carbons (Fsp3) is 0.182. The maximum Gasteiger partial charge on any atom is 0.129 e. The van der Waals surface area contributed by atoms with E-state index in [0.29, 0.717) is 0 Å². The molecule has 0 unspecified atom stereocenters. The molecule has 0 amide bonds. The van der Waals surface area contributed by atoms with Gasteiger partial charge in [0.05, 0.1) is 12.1 Å².